The van der Waals surface area contributed by atoms with Crippen LogP contribution in [-0.4, -0.2) is 34.1 Å². The van der Waals surface area contributed by atoms with Crippen LogP contribution in [0.3, 0.4) is 0 Å². The monoisotopic (exact) mass is 361 g/mol. The van der Waals surface area contributed by atoms with E-state index in [2.05, 4.69) is 10.2 Å². The summed E-state index contributed by atoms with van der Waals surface area (Å²) in [5, 5.41) is 11.8. The van der Waals surface area contributed by atoms with E-state index in [0.717, 1.165) is 31.5 Å². The predicted octanol–water partition coefficient (Wildman–Crippen LogP) is 4.02. The molecule has 1 amide bonds. The Hall–Kier alpha value is -1.46. The minimum absolute atomic E-state index is 0.201. The second-order valence-corrected chi connectivity index (χ2v) is 8.19. The molecule has 126 valence electrons. The molecule has 24 heavy (non-hydrogen) atoms. The third-order valence-electron chi connectivity index (χ3n) is 4.85. The summed E-state index contributed by atoms with van der Waals surface area (Å²) in [6.45, 7) is 1.63. The van der Waals surface area contributed by atoms with Gasteiger partial charge in [0.25, 0.3) is 0 Å². The van der Waals surface area contributed by atoms with Crippen molar-refractivity contribution in [1.82, 2.24) is 15.1 Å². The van der Waals surface area contributed by atoms with Gasteiger partial charge in [0.05, 0.1) is 6.42 Å². The first kappa shape index (κ1) is 16.0. The van der Waals surface area contributed by atoms with E-state index >= 15 is 0 Å². The lowest BCUT2D eigenvalue weighted by molar-refractivity contribution is -0.131. The average molecular weight is 362 g/mol. The molecule has 0 spiro atoms. The highest BCUT2D eigenvalue weighted by molar-refractivity contribution is 7.11. The van der Waals surface area contributed by atoms with Crippen LogP contribution in [0.5, 0.6) is 0 Å². The number of halogens is 1. The Balaban J connectivity index is 1.31. The van der Waals surface area contributed by atoms with E-state index in [0.29, 0.717) is 23.3 Å². The number of benzene rings is 1. The van der Waals surface area contributed by atoms with Gasteiger partial charge in [0.2, 0.25) is 5.91 Å². The molecule has 0 unspecified atom stereocenters. The van der Waals surface area contributed by atoms with E-state index in [-0.39, 0.29) is 5.91 Å². The highest BCUT2D eigenvalue weighted by Gasteiger charge is 2.30. The quantitative estimate of drug-likeness (QED) is 0.826. The smallest absolute Gasteiger partial charge is 0.226 e. The summed E-state index contributed by atoms with van der Waals surface area (Å²) in [4.78, 5) is 14.4. The van der Waals surface area contributed by atoms with Gasteiger partial charge in [-0.2, -0.15) is 0 Å². The SMILES string of the molecule is O=C(Cc1ccc(Cl)cc1)N1CCC(c2nnc(C3CC3)s2)CC1. The molecule has 1 saturated carbocycles. The number of carbonyl (C=O) groups is 1. The first-order valence-corrected chi connectivity index (χ1v) is 9.74. The molecule has 4 nitrogen and oxygen atoms in total. The van der Waals surface area contributed by atoms with Crippen molar-refractivity contribution < 1.29 is 4.79 Å². The van der Waals surface area contributed by atoms with E-state index in [9.17, 15) is 4.79 Å². The second-order valence-electron chi connectivity index (χ2n) is 6.71. The molecule has 2 fully saturated rings. The zero-order valence-electron chi connectivity index (χ0n) is 13.4. The molecule has 1 aromatic heterocycles. The largest absolute Gasteiger partial charge is 0.342 e. The highest BCUT2D eigenvalue weighted by Crippen LogP contribution is 2.43. The van der Waals surface area contributed by atoms with Crippen molar-refractivity contribution in [1.29, 1.82) is 0 Å². The third kappa shape index (κ3) is 3.62. The zero-order chi connectivity index (χ0) is 16.5. The molecular weight excluding hydrogens is 342 g/mol. The lowest BCUT2D eigenvalue weighted by Crippen LogP contribution is -2.38. The standard InChI is InChI=1S/C18H20ClN3OS/c19-15-5-1-12(2-6-15)11-16(23)22-9-7-14(8-10-22)18-21-20-17(24-18)13-3-4-13/h1-2,5-6,13-14H,3-4,7-11H2. The highest BCUT2D eigenvalue weighted by atomic mass is 35.5. The van der Waals surface area contributed by atoms with Gasteiger partial charge >= 0.3 is 0 Å². The number of aromatic nitrogens is 2. The number of amides is 1. The Morgan fingerprint density at radius 3 is 2.21 bits per heavy atom. The summed E-state index contributed by atoms with van der Waals surface area (Å²) in [6.07, 6.45) is 4.97. The fourth-order valence-corrected chi connectivity index (χ4v) is 4.48. The van der Waals surface area contributed by atoms with Crippen LogP contribution in [0.1, 0.15) is 53.1 Å². The van der Waals surface area contributed by atoms with Crippen molar-refractivity contribution in [2.24, 2.45) is 0 Å². The Morgan fingerprint density at radius 1 is 1.04 bits per heavy atom. The van der Waals surface area contributed by atoms with Crippen molar-refractivity contribution in [3.8, 4) is 0 Å². The summed E-state index contributed by atoms with van der Waals surface area (Å²) in [7, 11) is 0. The van der Waals surface area contributed by atoms with Gasteiger partial charge in [-0.15, -0.1) is 21.5 Å². The molecule has 1 aliphatic heterocycles. The fraction of sp³-hybridized carbons (Fsp3) is 0.500. The third-order valence-corrected chi connectivity index (χ3v) is 6.35. The zero-order valence-corrected chi connectivity index (χ0v) is 15.0. The molecule has 4 rings (SSSR count). The van der Waals surface area contributed by atoms with Crippen molar-refractivity contribution in [3.05, 3.63) is 44.9 Å². The molecule has 1 aromatic carbocycles. The van der Waals surface area contributed by atoms with Crippen LogP contribution in [0.4, 0.5) is 0 Å². The van der Waals surface area contributed by atoms with Crippen LogP contribution in [0.2, 0.25) is 5.02 Å². The molecule has 0 bridgehead atoms. The number of piperidine rings is 1. The lowest BCUT2D eigenvalue weighted by atomic mass is 9.97. The van der Waals surface area contributed by atoms with Crippen LogP contribution < -0.4 is 0 Å². The average Bonchev–Trinajstić information content (AvgIpc) is 3.34. The summed E-state index contributed by atoms with van der Waals surface area (Å²) >= 11 is 7.68. The van der Waals surface area contributed by atoms with Crippen LogP contribution in [0.15, 0.2) is 24.3 Å². The number of nitrogens with zero attached hydrogens (tertiary/aromatic N) is 3. The summed E-state index contributed by atoms with van der Waals surface area (Å²) in [5.74, 6) is 1.35. The Morgan fingerprint density at radius 2 is 1.62 bits per heavy atom. The van der Waals surface area contributed by atoms with Crippen molar-refractivity contribution in [3.63, 3.8) is 0 Å². The minimum Gasteiger partial charge on any atom is -0.342 e. The van der Waals surface area contributed by atoms with Gasteiger partial charge in [-0.3, -0.25) is 4.79 Å². The lowest BCUT2D eigenvalue weighted by Gasteiger charge is -2.31. The molecule has 1 aliphatic carbocycles. The molecule has 2 aromatic rings. The molecule has 0 N–H and O–H groups in total. The van der Waals surface area contributed by atoms with E-state index in [4.69, 9.17) is 11.6 Å². The van der Waals surface area contributed by atoms with Gasteiger partial charge in [-0.1, -0.05) is 23.7 Å². The summed E-state index contributed by atoms with van der Waals surface area (Å²) in [6, 6.07) is 7.52. The molecule has 0 atom stereocenters. The maximum Gasteiger partial charge on any atom is 0.226 e. The Labute approximate surface area is 150 Å². The van der Waals surface area contributed by atoms with E-state index < -0.39 is 0 Å². The normalized spacial score (nSPS) is 18.8. The van der Waals surface area contributed by atoms with Crippen molar-refractivity contribution in [2.45, 2.75) is 43.9 Å². The van der Waals surface area contributed by atoms with Crippen molar-refractivity contribution >= 4 is 28.8 Å². The molecular formula is C18H20ClN3OS. The van der Waals surface area contributed by atoms with E-state index in [1.807, 2.05) is 29.2 Å². The van der Waals surface area contributed by atoms with Gasteiger partial charge < -0.3 is 4.90 Å². The summed E-state index contributed by atoms with van der Waals surface area (Å²) < 4.78 is 0. The molecule has 0 radical (unpaired) electrons. The van der Waals surface area contributed by atoms with Gasteiger partial charge in [0.15, 0.2) is 0 Å². The predicted molar refractivity (Wildman–Crippen MR) is 95.6 cm³/mol. The number of likely N-dealkylation sites (tertiary alicyclic amines) is 1. The van der Waals surface area contributed by atoms with Crippen LogP contribution in [-0.2, 0) is 11.2 Å². The second kappa shape index (κ2) is 6.81. The Kier molecular flexibility index (Phi) is 4.55. The first-order valence-electron chi connectivity index (χ1n) is 8.54. The van der Waals surface area contributed by atoms with Crippen LogP contribution in [0.25, 0.3) is 0 Å². The molecule has 2 aliphatic rings. The van der Waals surface area contributed by atoms with Gasteiger partial charge in [0, 0.05) is 29.9 Å². The van der Waals surface area contributed by atoms with Crippen LogP contribution in [0, 0.1) is 0 Å². The molecule has 1 saturated heterocycles. The van der Waals surface area contributed by atoms with Gasteiger partial charge in [-0.25, -0.2) is 0 Å². The number of hydrogen-bond donors (Lipinski definition) is 0. The number of hydrogen-bond acceptors (Lipinski definition) is 4. The van der Waals surface area contributed by atoms with E-state index in [1.54, 1.807) is 11.3 Å². The summed E-state index contributed by atoms with van der Waals surface area (Å²) in [5.41, 5.74) is 1.02. The topological polar surface area (TPSA) is 46.1 Å². The molecule has 2 heterocycles. The first-order chi connectivity index (χ1) is 11.7. The maximum atomic E-state index is 12.5. The van der Waals surface area contributed by atoms with Gasteiger partial charge in [-0.05, 0) is 43.4 Å². The molecule has 6 heteroatoms. The van der Waals surface area contributed by atoms with Gasteiger partial charge in [0.1, 0.15) is 10.0 Å². The maximum absolute atomic E-state index is 12.5. The number of carbonyl (C=O) groups excluding carboxylic acids is 1. The number of rotatable bonds is 4. The van der Waals surface area contributed by atoms with E-state index in [1.165, 1.54) is 22.9 Å². The Bertz CT molecular complexity index is 718. The fourth-order valence-electron chi connectivity index (χ4n) is 3.17. The van der Waals surface area contributed by atoms with Crippen molar-refractivity contribution in [2.75, 3.05) is 13.1 Å². The minimum atomic E-state index is 0.201. The van der Waals surface area contributed by atoms with Crippen LogP contribution >= 0.6 is 22.9 Å².